The highest BCUT2D eigenvalue weighted by Crippen LogP contribution is 2.39. The first-order valence-electron chi connectivity index (χ1n) is 8.06. The number of hydrogen-bond donors (Lipinski definition) is 0. The van der Waals surface area contributed by atoms with Gasteiger partial charge in [-0.15, -0.1) is 0 Å². The second-order valence-corrected chi connectivity index (χ2v) is 6.05. The van der Waals surface area contributed by atoms with Crippen molar-refractivity contribution >= 4 is 6.08 Å². The molecule has 0 N–H and O–H groups in total. The highest BCUT2D eigenvalue weighted by atomic mass is 14.3. The Bertz CT molecular complexity index is 383. The van der Waals surface area contributed by atoms with Gasteiger partial charge in [-0.05, 0) is 48.6 Å². The van der Waals surface area contributed by atoms with Crippen molar-refractivity contribution in [1.29, 1.82) is 0 Å². The number of benzene rings is 1. The molecule has 0 atom stereocenters. The predicted molar refractivity (Wildman–Crippen MR) is 85.4 cm³/mol. The molecule has 1 aliphatic carbocycles. The topological polar surface area (TPSA) is 0 Å². The number of rotatable bonds is 6. The molecule has 0 nitrogen and oxygen atoms in total. The second-order valence-electron chi connectivity index (χ2n) is 6.05. The molecule has 0 heterocycles. The summed E-state index contributed by atoms with van der Waals surface area (Å²) in [6.45, 7) is 6.25. The van der Waals surface area contributed by atoms with Gasteiger partial charge in [-0.25, -0.2) is 0 Å². The van der Waals surface area contributed by atoms with Crippen LogP contribution in [0.2, 0.25) is 0 Å². The van der Waals surface area contributed by atoms with Crippen LogP contribution in [-0.4, -0.2) is 0 Å². The molecule has 0 radical (unpaired) electrons. The zero-order chi connectivity index (χ0) is 13.5. The maximum atomic E-state index is 3.95. The molecular weight excluding hydrogens is 228 g/mol. The molecule has 1 fully saturated rings. The number of hydrogen-bond acceptors (Lipinski definition) is 0. The third-order valence-corrected chi connectivity index (χ3v) is 4.72. The van der Waals surface area contributed by atoms with E-state index in [1.165, 1.54) is 62.5 Å². The van der Waals surface area contributed by atoms with Gasteiger partial charge in [-0.1, -0.05) is 69.5 Å². The molecule has 0 bridgehead atoms. The monoisotopic (exact) mass is 256 g/mol. The Morgan fingerprint density at radius 2 is 1.84 bits per heavy atom. The maximum Gasteiger partial charge on any atom is -0.0156 e. The summed E-state index contributed by atoms with van der Waals surface area (Å²) < 4.78 is 0. The molecule has 0 heteroatoms. The van der Waals surface area contributed by atoms with Crippen molar-refractivity contribution in [2.75, 3.05) is 0 Å². The highest BCUT2D eigenvalue weighted by Gasteiger charge is 2.22. The van der Waals surface area contributed by atoms with E-state index in [1.807, 2.05) is 6.08 Å². The molecule has 0 unspecified atom stereocenters. The molecule has 1 aromatic carbocycles. The fourth-order valence-corrected chi connectivity index (χ4v) is 3.51. The Kier molecular flexibility index (Phi) is 5.69. The Morgan fingerprint density at radius 3 is 2.53 bits per heavy atom. The lowest BCUT2D eigenvalue weighted by molar-refractivity contribution is 0.302. The normalized spacial score (nSPS) is 23.2. The zero-order valence-corrected chi connectivity index (χ0v) is 12.4. The Balaban J connectivity index is 1.87. The van der Waals surface area contributed by atoms with Gasteiger partial charge in [0.25, 0.3) is 0 Å². The lowest BCUT2D eigenvalue weighted by atomic mass is 9.76. The zero-order valence-electron chi connectivity index (χ0n) is 12.4. The van der Waals surface area contributed by atoms with Crippen LogP contribution < -0.4 is 0 Å². The summed E-state index contributed by atoms with van der Waals surface area (Å²) in [5.41, 5.74) is 2.88. The van der Waals surface area contributed by atoms with Crippen LogP contribution in [0.5, 0.6) is 0 Å². The minimum Gasteiger partial charge on any atom is -0.0985 e. The van der Waals surface area contributed by atoms with Crippen molar-refractivity contribution in [3.63, 3.8) is 0 Å². The van der Waals surface area contributed by atoms with E-state index in [9.17, 15) is 0 Å². The van der Waals surface area contributed by atoms with E-state index < -0.39 is 0 Å². The molecule has 104 valence electrons. The van der Waals surface area contributed by atoms with E-state index in [4.69, 9.17) is 0 Å². The molecular formula is C19H28. The van der Waals surface area contributed by atoms with E-state index in [2.05, 4.69) is 37.8 Å². The molecule has 2 rings (SSSR count). The van der Waals surface area contributed by atoms with Gasteiger partial charge >= 0.3 is 0 Å². The van der Waals surface area contributed by atoms with Gasteiger partial charge in [-0.3, -0.25) is 0 Å². The highest BCUT2D eigenvalue weighted by molar-refractivity contribution is 5.52. The van der Waals surface area contributed by atoms with Crippen LogP contribution in [-0.2, 0) is 0 Å². The van der Waals surface area contributed by atoms with Gasteiger partial charge in [0.1, 0.15) is 0 Å². The summed E-state index contributed by atoms with van der Waals surface area (Å²) in [6.07, 6.45) is 13.3. The van der Waals surface area contributed by atoms with Gasteiger partial charge in [0.2, 0.25) is 0 Å². The number of unbranched alkanes of at least 4 members (excludes halogenated alkanes) is 2. The van der Waals surface area contributed by atoms with Crippen LogP contribution in [0.25, 0.3) is 6.08 Å². The molecule has 1 aliphatic rings. The van der Waals surface area contributed by atoms with Crippen LogP contribution in [0.4, 0.5) is 0 Å². The summed E-state index contributed by atoms with van der Waals surface area (Å²) in [7, 11) is 0. The van der Waals surface area contributed by atoms with Crippen molar-refractivity contribution in [3.05, 3.63) is 42.0 Å². The largest absolute Gasteiger partial charge is 0.0985 e. The SMILES string of the molecule is C=Cc1ccccc1C1CCC(CCCCC)CC1. The predicted octanol–water partition coefficient (Wildman–Crippen LogP) is 6.18. The van der Waals surface area contributed by atoms with E-state index in [0.29, 0.717) is 0 Å². The smallest absolute Gasteiger partial charge is 0.0156 e. The standard InChI is InChI=1S/C19H28/c1-3-5-6-9-16-12-14-18(15-13-16)19-11-8-7-10-17(19)4-2/h4,7-8,10-11,16,18H,2-3,5-6,9,12-15H2,1H3. The van der Waals surface area contributed by atoms with E-state index in [-0.39, 0.29) is 0 Å². The van der Waals surface area contributed by atoms with Crippen LogP contribution in [0.15, 0.2) is 30.8 Å². The minimum absolute atomic E-state index is 0.775. The maximum absolute atomic E-state index is 3.95. The third-order valence-electron chi connectivity index (χ3n) is 4.72. The first kappa shape index (κ1) is 14.4. The van der Waals surface area contributed by atoms with Crippen molar-refractivity contribution in [1.82, 2.24) is 0 Å². The van der Waals surface area contributed by atoms with Gasteiger partial charge in [0, 0.05) is 0 Å². The molecule has 1 aromatic rings. The Hall–Kier alpha value is -1.04. The quantitative estimate of drug-likeness (QED) is 0.533. The summed E-state index contributed by atoms with van der Waals surface area (Å²) >= 11 is 0. The van der Waals surface area contributed by atoms with Crippen molar-refractivity contribution in [2.24, 2.45) is 5.92 Å². The van der Waals surface area contributed by atoms with Gasteiger partial charge in [-0.2, -0.15) is 0 Å². The fraction of sp³-hybridized carbons (Fsp3) is 0.579. The Labute approximate surface area is 118 Å². The van der Waals surface area contributed by atoms with Gasteiger partial charge in [0.05, 0.1) is 0 Å². The average molecular weight is 256 g/mol. The lowest BCUT2D eigenvalue weighted by Crippen LogP contribution is -2.14. The van der Waals surface area contributed by atoms with E-state index >= 15 is 0 Å². The van der Waals surface area contributed by atoms with Crippen LogP contribution in [0.1, 0.15) is 75.3 Å². The Morgan fingerprint density at radius 1 is 1.11 bits per heavy atom. The lowest BCUT2D eigenvalue weighted by Gasteiger charge is -2.29. The summed E-state index contributed by atoms with van der Waals surface area (Å²) in [6, 6.07) is 8.81. The first-order valence-corrected chi connectivity index (χ1v) is 8.06. The van der Waals surface area contributed by atoms with Crippen LogP contribution in [0.3, 0.4) is 0 Å². The minimum atomic E-state index is 0.775. The van der Waals surface area contributed by atoms with Crippen LogP contribution >= 0.6 is 0 Å². The van der Waals surface area contributed by atoms with Crippen molar-refractivity contribution < 1.29 is 0 Å². The molecule has 0 aromatic heterocycles. The molecule has 0 saturated heterocycles. The van der Waals surface area contributed by atoms with Gasteiger partial charge in [0.15, 0.2) is 0 Å². The summed E-state index contributed by atoms with van der Waals surface area (Å²) in [5, 5.41) is 0. The molecule has 0 spiro atoms. The van der Waals surface area contributed by atoms with Crippen molar-refractivity contribution in [3.8, 4) is 0 Å². The van der Waals surface area contributed by atoms with Crippen LogP contribution in [0, 0.1) is 5.92 Å². The van der Waals surface area contributed by atoms with Gasteiger partial charge < -0.3 is 0 Å². The van der Waals surface area contributed by atoms with Crippen molar-refractivity contribution in [2.45, 2.75) is 64.2 Å². The molecule has 19 heavy (non-hydrogen) atoms. The molecule has 0 amide bonds. The fourth-order valence-electron chi connectivity index (χ4n) is 3.51. The summed E-state index contributed by atoms with van der Waals surface area (Å²) in [4.78, 5) is 0. The molecule has 0 aliphatic heterocycles. The van der Waals surface area contributed by atoms with E-state index in [0.717, 1.165) is 11.8 Å². The van der Waals surface area contributed by atoms with E-state index in [1.54, 1.807) is 0 Å². The molecule has 1 saturated carbocycles. The second kappa shape index (κ2) is 7.53. The third kappa shape index (κ3) is 3.96. The summed E-state index contributed by atoms with van der Waals surface area (Å²) in [5.74, 6) is 1.77. The first-order chi connectivity index (χ1) is 9.35. The average Bonchev–Trinajstić information content (AvgIpc) is 2.48.